The van der Waals surface area contributed by atoms with Crippen LogP contribution in [0.3, 0.4) is 0 Å². The number of rotatable bonds is 2. The van der Waals surface area contributed by atoms with E-state index in [2.05, 4.69) is 20.7 Å². The smallest absolute Gasteiger partial charge is 0.243 e. The van der Waals surface area contributed by atoms with Crippen molar-refractivity contribution >= 4 is 11.9 Å². The highest BCUT2D eigenvalue weighted by atomic mass is 19.1. The second-order valence-electron chi connectivity index (χ2n) is 4.32. The molecule has 1 atom stereocenters. The third-order valence-corrected chi connectivity index (χ3v) is 3.18. The molecule has 1 aromatic heterocycles. The van der Waals surface area contributed by atoms with Crippen LogP contribution in [0.4, 0.5) is 20.7 Å². The number of fused-ring (bicyclic) bond motifs is 1. The zero-order valence-electron chi connectivity index (χ0n) is 10.3. The highest BCUT2D eigenvalue weighted by molar-refractivity contribution is 5.39. The topological polar surface area (TPSA) is 54.8 Å². The average molecular weight is 265 g/mol. The van der Waals surface area contributed by atoms with Crippen molar-refractivity contribution in [3.63, 3.8) is 0 Å². The predicted molar refractivity (Wildman–Crippen MR) is 67.2 cm³/mol. The second kappa shape index (κ2) is 4.49. The summed E-state index contributed by atoms with van der Waals surface area (Å²) in [5.41, 5.74) is 0.0396. The molecule has 0 bridgehead atoms. The highest BCUT2D eigenvalue weighted by Gasteiger charge is 2.28. The van der Waals surface area contributed by atoms with E-state index in [0.717, 1.165) is 0 Å². The highest BCUT2D eigenvalue weighted by Crippen LogP contribution is 2.32. The average Bonchev–Trinajstić information content (AvgIpc) is 2.82. The fourth-order valence-corrected chi connectivity index (χ4v) is 2.31. The largest absolute Gasteiger partial charge is 0.356 e. The standard InChI is InChI=1S/C12H13F2N5/c1-15-11-17-12-16-6-5-9(19(12)18-11)10-7(13)3-2-4-8(10)14/h2-4,9H,5-6H2,1H3,(H2,15,16,17,18). The summed E-state index contributed by atoms with van der Waals surface area (Å²) >= 11 is 0. The molecule has 0 saturated heterocycles. The maximum Gasteiger partial charge on any atom is 0.243 e. The zero-order valence-corrected chi connectivity index (χ0v) is 10.3. The molecule has 100 valence electrons. The molecule has 7 heteroatoms. The van der Waals surface area contributed by atoms with E-state index in [0.29, 0.717) is 24.9 Å². The number of nitrogens with zero attached hydrogens (tertiary/aromatic N) is 3. The number of halogens is 2. The van der Waals surface area contributed by atoms with Crippen LogP contribution in [0.1, 0.15) is 18.0 Å². The van der Waals surface area contributed by atoms with E-state index < -0.39 is 17.7 Å². The first kappa shape index (κ1) is 11.9. The number of aromatic nitrogens is 3. The van der Waals surface area contributed by atoms with Crippen LogP contribution in [0.5, 0.6) is 0 Å². The van der Waals surface area contributed by atoms with Crippen LogP contribution in [0.2, 0.25) is 0 Å². The van der Waals surface area contributed by atoms with Gasteiger partial charge in [0.05, 0.1) is 6.04 Å². The minimum Gasteiger partial charge on any atom is -0.356 e. The Morgan fingerprint density at radius 3 is 2.79 bits per heavy atom. The van der Waals surface area contributed by atoms with Crippen molar-refractivity contribution in [1.82, 2.24) is 14.8 Å². The maximum atomic E-state index is 13.9. The zero-order chi connectivity index (χ0) is 13.4. The number of nitrogens with one attached hydrogen (secondary N) is 2. The monoisotopic (exact) mass is 265 g/mol. The number of hydrogen-bond acceptors (Lipinski definition) is 4. The van der Waals surface area contributed by atoms with Crippen molar-refractivity contribution in [2.75, 3.05) is 24.2 Å². The lowest BCUT2D eigenvalue weighted by Gasteiger charge is -2.25. The molecule has 2 N–H and O–H groups in total. The molecule has 0 fully saturated rings. The molecule has 1 unspecified atom stereocenters. The molecule has 0 aliphatic carbocycles. The summed E-state index contributed by atoms with van der Waals surface area (Å²) in [7, 11) is 1.69. The molecule has 0 amide bonds. The Labute approximate surface area is 108 Å². The Bertz CT molecular complexity index is 590. The predicted octanol–water partition coefficient (Wildman–Crippen LogP) is 2.00. The van der Waals surface area contributed by atoms with Crippen LogP contribution in [0.15, 0.2) is 18.2 Å². The summed E-state index contributed by atoms with van der Waals surface area (Å²) < 4.78 is 29.3. The first-order valence-electron chi connectivity index (χ1n) is 6.03. The minimum absolute atomic E-state index is 0.0396. The first-order chi connectivity index (χ1) is 9.20. The van der Waals surface area contributed by atoms with E-state index in [1.54, 1.807) is 7.05 Å². The van der Waals surface area contributed by atoms with Gasteiger partial charge in [-0.15, -0.1) is 5.10 Å². The van der Waals surface area contributed by atoms with Crippen LogP contribution in [0.25, 0.3) is 0 Å². The Kier molecular flexibility index (Phi) is 2.81. The number of benzene rings is 1. The molecule has 5 nitrogen and oxygen atoms in total. The van der Waals surface area contributed by atoms with Gasteiger partial charge in [0.1, 0.15) is 11.6 Å². The molecule has 2 heterocycles. The van der Waals surface area contributed by atoms with Gasteiger partial charge in [0, 0.05) is 19.2 Å². The van der Waals surface area contributed by atoms with Gasteiger partial charge in [0.25, 0.3) is 0 Å². The molecule has 1 aromatic carbocycles. The molecule has 3 rings (SSSR count). The quantitative estimate of drug-likeness (QED) is 0.872. The van der Waals surface area contributed by atoms with Gasteiger partial charge in [0.2, 0.25) is 11.9 Å². The van der Waals surface area contributed by atoms with E-state index in [1.807, 2.05) is 0 Å². The lowest BCUT2D eigenvalue weighted by atomic mass is 10.0. The van der Waals surface area contributed by atoms with Crippen LogP contribution >= 0.6 is 0 Å². The van der Waals surface area contributed by atoms with E-state index >= 15 is 0 Å². The summed E-state index contributed by atoms with van der Waals surface area (Å²) in [4.78, 5) is 4.19. The Balaban J connectivity index is 2.10. The number of hydrogen-bond donors (Lipinski definition) is 2. The number of anilines is 2. The van der Waals surface area contributed by atoms with E-state index in [4.69, 9.17) is 0 Å². The summed E-state index contributed by atoms with van der Waals surface area (Å²) in [6.45, 7) is 0.598. The van der Waals surface area contributed by atoms with Crippen LogP contribution < -0.4 is 10.6 Å². The van der Waals surface area contributed by atoms with Crippen LogP contribution in [0, 0.1) is 11.6 Å². The van der Waals surface area contributed by atoms with Crippen LogP contribution in [-0.2, 0) is 0 Å². The van der Waals surface area contributed by atoms with Crippen LogP contribution in [-0.4, -0.2) is 28.4 Å². The first-order valence-corrected chi connectivity index (χ1v) is 6.03. The summed E-state index contributed by atoms with van der Waals surface area (Å²) in [5.74, 6) is -0.173. The van der Waals surface area contributed by atoms with Gasteiger partial charge in [-0.3, -0.25) is 0 Å². The van der Waals surface area contributed by atoms with Crippen molar-refractivity contribution in [3.05, 3.63) is 35.4 Å². The van der Waals surface area contributed by atoms with Gasteiger partial charge in [-0.2, -0.15) is 4.98 Å². The fraction of sp³-hybridized carbons (Fsp3) is 0.333. The van der Waals surface area contributed by atoms with E-state index in [-0.39, 0.29) is 5.56 Å². The van der Waals surface area contributed by atoms with Gasteiger partial charge in [-0.25, -0.2) is 13.5 Å². The molecule has 0 saturated carbocycles. The maximum absolute atomic E-state index is 13.9. The van der Waals surface area contributed by atoms with Crippen molar-refractivity contribution in [3.8, 4) is 0 Å². The van der Waals surface area contributed by atoms with E-state index in [9.17, 15) is 8.78 Å². The normalized spacial score (nSPS) is 17.7. The van der Waals surface area contributed by atoms with Gasteiger partial charge in [0.15, 0.2) is 0 Å². The van der Waals surface area contributed by atoms with Crippen molar-refractivity contribution in [2.24, 2.45) is 0 Å². The van der Waals surface area contributed by atoms with Gasteiger partial charge >= 0.3 is 0 Å². The summed E-state index contributed by atoms with van der Waals surface area (Å²) in [5, 5.41) is 10.1. The second-order valence-corrected chi connectivity index (χ2v) is 4.32. The fourth-order valence-electron chi connectivity index (χ4n) is 2.31. The van der Waals surface area contributed by atoms with Gasteiger partial charge in [-0.05, 0) is 18.6 Å². The molecular formula is C12H13F2N5. The van der Waals surface area contributed by atoms with Gasteiger partial charge in [-0.1, -0.05) is 6.07 Å². The lowest BCUT2D eigenvalue weighted by molar-refractivity contribution is 0.433. The Morgan fingerprint density at radius 1 is 1.37 bits per heavy atom. The SMILES string of the molecule is CNc1nc2n(n1)C(c1c(F)cccc1F)CCN2. The molecule has 2 aromatic rings. The Hall–Kier alpha value is -2.18. The molecular weight excluding hydrogens is 252 g/mol. The third-order valence-electron chi connectivity index (χ3n) is 3.18. The summed E-state index contributed by atoms with van der Waals surface area (Å²) in [6, 6.07) is 3.40. The Morgan fingerprint density at radius 2 is 2.11 bits per heavy atom. The lowest BCUT2D eigenvalue weighted by Crippen LogP contribution is -2.26. The molecule has 1 aliphatic rings. The molecule has 0 radical (unpaired) electrons. The van der Waals surface area contributed by atoms with Crippen molar-refractivity contribution in [1.29, 1.82) is 0 Å². The molecule has 0 spiro atoms. The van der Waals surface area contributed by atoms with Gasteiger partial charge < -0.3 is 10.6 Å². The molecule has 19 heavy (non-hydrogen) atoms. The van der Waals surface area contributed by atoms with Crippen molar-refractivity contribution in [2.45, 2.75) is 12.5 Å². The minimum atomic E-state index is -0.556. The van der Waals surface area contributed by atoms with E-state index in [1.165, 1.54) is 22.9 Å². The summed E-state index contributed by atoms with van der Waals surface area (Å²) in [6.07, 6.45) is 0.553. The third kappa shape index (κ3) is 1.91. The van der Waals surface area contributed by atoms with Crippen molar-refractivity contribution < 1.29 is 8.78 Å². The molecule has 1 aliphatic heterocycles.